The molecular weight excluding hydrogens is 354 g/mol. The molecule has 0 saturated heterocycles. The molecule has 0 saturated carbocycles. The van der Waals surface area contributed by atoms with Crippen LogP contribution in [0.15, 0.2) is 72.8 Å². The minimum absolute atomic E-state index is 0.257. The van der Waals surface area contributed by atoms with Crippen LogP contribution >= 0.6 is 0 Å². The number of amides is 1. The number of nitrogens with one attached hydrogen (secondary N) is 2. The number of hydrazine groups is 1. The van der Waals surface area contributed by atoms with Crippen LogP contribution in [0, 0.1) is 0 Å². The van der Waals surface area contributed by atoms with Crippen molar-refractivity contribution < 1.29 is 14.3 Å². The molecule has 4 N–H and O–H groups in total. The Bertz CT molecular complexity index is 929. The van der Waals surface area contributed by atoms with Gasteiger partial charge in [-0.2, -0.15) is 0 Å². The SMILES string of the molecule is COc1ccc(CNNc2ccccc2)cc1COc1ccccc1C(N)=O. The molecule has 0 fully saturated rings. The number of hydrogen-bond acceptors (Lipinski definition) is 5. The summed E-state index contributed by atoms with van der Waals surface area (Å²) in [5, 5.41) is 0. The summed E-state index contributed by atoms with van der Waals surface area (Å²) < 4.78 is 11.3. The summed E-state index contributed by atoms with van der Waals surface area (Å²) in [6.07, 6.45) is 0. The third-order valence-electron chi connectivity index (χ3n) is 4.18. The molecule has 0 bridgehead atoms. The number of hydrogen-bond donors (Lipinski definition) is 3. The van der Waals surface area contributed by atoms with E-state index in [4.69, 9.17) is 15.2 Å². The molecule has 0 atom stereocenters. The maximum absolute atomic E-state index is 11.5. The second-order valence-corrected chi connectivity index (χ2v) is 6.14. The summed E-state index contributed by atoms with van der Waals surface area (Å²) in [5.74, 6) is 0.648. The molecule has 6 heteroatoms. The second kappa shape index (κ2) is 9.43. The topological polar surface area (TPSA) is 85.6 Å². The van der Waals surface area contributed by atoms with Crippen molar-refractivity contribution in [3.8, 4) is 11.5 Å². The highest BCUT2D eigenvalue weighted by Gasteiger charge is 2.11. The zero-order valence-electron chi connectivity index (χ0n) is 15.6. The van der Waals surface area contributed by atoms with Gasteiger partial charge in [-0.05, 0) is 42.0 Å². The average Bonchev–Trinajstić information content (AvgIpc) is 2.73. The fourth-order valence-corrected chi connectivity index (χ4v) is 2.78. The van der Waals surface area contributed by atoms with Gasteiger partial charge in [0, 0.05) is 17.8 Å². The highest BCUT2D eigenvalue weighted by molar-refractivity contribution is 5.95. The maximum Gasteiger partial charge on any atom is 0.252 e. The van der Waals surface area contributed by atoms with Crippen molar-refractivity contribution in [2.75, 3.05) is 12.5 Å². The number of primary amides is 1. The van der Waals surface area contributed by atoms with Crippen LogP contribution in [-0.4, -0.2) is 13.0 Å². The predicted molar refractivity (Wildman–Crippen MR) is 109 cm³/mol. The molecule has 0 radical (unpaired) electrons. The van der Waals surface area contributed by atoms with Crippen molar-refractivity contribution in [1.82, 2.24) is 5.43 Å². The summed E-state index contributed by atoms with van der Waals surface area (Å²) in [6.45, 7) is 0.872. The van der Waals surface area contributed by atoms with Crippen molar-refractivity contribution in [3.05, 3.63) is 89.5 Å². The number of carbonyl (C=O) groups is 1. The van der Waals surface area contributed by atoms with Crippen molar-refractivity contribution in [1.29, 1.82) is 0 Å². The molecular formula is C22H23N3O3. The molecule has 3 aromatic carbocycles. The first-order valence-electron chi connectivity index (χ1n) is 8.88. The Morgan fingerprint density at radius 2 is 1.71 bits per heavy atom. The van der Waals surface area contributed by atoms with E-state index in [1.807, 2.05) is 48.5 Å². The Morgan fingerprint density at radius 3 is 2.46 bits per heavy atom. The first kappa shape index (κ1) is 19.3. The summed E-state index contributed by atoms with van der Waals surface area (Å²) in [6, 6.07) is 22.7. The minimum Gasteiger partial charge on any atom is -0.496 e. The monoisotopic (exact) mass is 377 g/mol. The Morgan fingerprint density at radius 1 is 0.964 bits per heavy atom. The average molecular weight is 377 g/mol. The van der Waals surface area contributed by atoms with Crippen LogP contribution in [0.3, 0.4) is 0 Å². The number of methoxy groups -OCH3 is 1. The summed E-state index contributed by atoms with van der Waals surface area (Å²) in [4.78, 5) is 11.5. The lowest BCUT2D eigenvalue weighted by molar-refractivity contribution is 0.0996. The van der Waals surface area contributed by atoms with E-state index in [1.165, 1.54) is 0 Å². The second-order valence-electron chi connectivity index (χ2n) is 6.14. The van der Waals surface area contributed by atoms with Gasteiger partial charge >= 0.3 is 0 Å². The van der Waals surface area contributed by atoms with E-state index in [2.05, 4.69) is 10.9 Å². The molecule has 3 rings (SSSR count). The van der Waals surface area contributed by atoms with E-state index in [0.29, 0.717) is 17.9 Å². The number of rotatable bonds is 9. The number of nitrogens with two attached hydrogens (primary N) is 1. The van der Waals surface area contributed by atoms with Crippen molar-refractivity contribution in [3.63, 3.8) is 0 Å². The van der Waals surface area contributed by atoms with Gasteiger partial charge in [0.2, 0.25) is 0 Å². The first-order chi connectivity index (χ1) is 13.7. The molecule has 0 spiro atoms. The maximum atomic E-state index is 11.5. The van der Waals surface area contributed by atoms with Crippen LogP contribution in [0.1, 0.15) is 21.5 Å². The van der Waals surface area contributed by atoms with Crippen LogP contribution in [0.5, 0.6) is 11.5 Å². The van der Waals surface area contributed by atoms with Crippen molar-refractivity contribution in [2.24, 2.45) is 5.73 Å². The lowest BCUT2D eigenvalue weighted by Gasteiger charge is -2.14. The van der Waals surface area contributed by atoms with E-state index in [9.17, 15) is 4.79 Å². The van der Waals surface area contributed by atoms with Crippen molar-refractivity contribution in [2.45, 2.75) is 13.2 Å². The normalized spacial score (nSPS) is 10.3. The molecule has 0 aliphatic carbocycles. The number of ether oxygens (including phenoxy) is 2. The fraction of sp³-hybridized carbons (Fsp3) is 0.136. The highest BCUT2D eigenvalue weighted by Crippen LogP contribution is 2.24. The number of anilines is 1. The molecule has 28 heavy (non-hydrogen) atoms. The standard InChI is InChI=1S/C22H23N3O3/c1-27-20-12-11-16(14-24-25-18-7-3-2-4-8-18)13-17(20)15-28-21-10-6-5-9-19(21)22(23)26/h2-13,24-25H,14-15H2,1H3,(H2,23,26). The molecule has 1 amide bonds. The Balaban J connectivity index is 1.67. The summed E-state index contributed by atoms with van der Waals surface area (Å²) in [5.41, 5.74) is 15.0. The smallest absolute Gasteiger partial charge is 0.252 e. The highest BCUT2D eigenvalue weighted by atomic mass is 16.5. The fourth-order valence-electron chi connectivity index (χ4n) is 2.78. The van der Waals surface area contributed by atoms with Gasteiger partial charge in [0.25, 0.3) is 5.91 Å². The first-order valence-corrected chi connectivity index (χ1v) is 8.88. The van der Waals surface area contributed by atoms with E-state index in [-0.39, 0.29) is 6.61 Å². The molecule has 0 aliphatic heterocycles. The lowest BCUT2D eigenvalue weighted by atomic mass is 10.1. The van der Waals surface area contributed by atoms with Gasteiger partial charge in [-0.15, -0.1) is 0 Å². The molecule has 0 heterocycles. The number of para-hydroxylation sites is 2. The van der Waals surface area contributed by atoms with Crippen LogP contribution in [-0.2, 0) is 13.2 Å². The van der Waals surface area contributed by atoms with Gasteiger partial charge in [0.05, 0.1) is 12.7 Å². The molecule has 0 aliphatic rings. The third kappa shape index (κ3) is 5.02. The van der Waals surface area contributed by atoms with Gasteiger partial charge in [-0.25, -0.2) is 5.43 Å². The zero-order chi connectivity index (χ0) is 19.8. The third-order valence-corrected chi connectivity index (χ3v) is 4.18. The minimum atomic E-state index is -0.521. The molecule has 6 nitrogen and oxygen atoms in total. The van der Waals surface area contributed by atoms with E-state index >= 15 is 0 Å². The quantitative estimate of drug-likeness (QED) is 0.497. The Kier molecular flexibility index (Phi) is 6.49. The van der Waals surface area contributed by atoms with Gasteiger partial charge in [0.15, 0.2) is 0 Å². The van der Waals surface area contributed by atoms with E-state index in [0.717, 1.165) is 22.6 Å². The number of benzene rings is 3. The van der Waals surface area contributed by atoms with Crippen molar-refractivity contribution >= 4 is 11.6 Å². The number of carbonyl (C=O) groups excluding carboxylic acids is 1. The van der Waals surface area contributed by atoms with E-state index < -0.39 is 5.91 Å². The van der Waals surface area contributed by atoms with Gasteiger partial charge in [-0.3, -0.25) is 4.79 Å². The van der Waals surface area contributed by atoms with Crippen LogP contribution in [0.2, 0.25) is 0 Å². The van der Waals surface area contributed by atoms with E-state index in [1.54, 1.807) is 31.4 Å². The lowest BCUT2D eigenvalue weighted by Crippen LogP contribution is -2.20. The Labute approximate surface area is 164 Å². The molecule has 3 aromatic rings. The van der Waals surface area contributed by atoms with Gasteiger partial charge < -0.3 is 20.6 Å². The van der Waals surface area contributed by atoms with Gasteiger partial charge in [-0.1, -0.05) is 36.4 Å². The van der Waals surface area contributed by atoms with Crippen LogP contribution in [0.25, 0.3) is 0 Å². The van der Waals surface area contributed by atoms with Crippen LogP contribution < -0.4 is 26.1 Å². The molecule has 144 valence electrons. The Hall–Kier alpha value is -3.51. The largest absolute Gasteiger partial charge is 0.496 e. The summed E-state index contributed by atoms with van der Waals surface area (Å²) >= 11 is 0. The van der Waals surface area contributed by atoms with Crippen LogP contribution in [0.4, 0.5) is 5.69 Å². The predicted octanol–water partition coefficient (Wildman–Crippen LogP) is 3.49. The van der Waals surface area contributed by atoms with Gasteiger partial charge in [0.1, 0.15) is 18.1 Å². The summed E-state index contributed by atoms with van der Waals surface area (Å²) in [7, 11) is 1.62. The zero-order valence-corrected chi connectivity index (χ0v) is 15.6. The molecule has 0 aromatic heterocycles. The molecule has 0 unspecified atom stereocenters.